The van der Waals surface area contributed by atoms with Crippen LogP contribution in [0, 0.1) is 5.92 Å². The van der Waals surface area contributed by atoms with E-state index in [9.17, 15) is 9.59 Å². The zero-order valence-electron chi connectivity index (χ0n) is 11.1. The van der Waals surface area contributed by atoms with E-state index in [1.807, 2.05) is 12.1 Å². The Morgan fingerprint density at radius 3 is 2.06 bits per heavy atom. The van der Waals surface area contributed by atoms with Crippen molar-refractivity contribution in [2.24, 2.45) is 5.92 Å². The maximum atomic E-state index is 12.0. The molecule has 0 aromatic heterocycles. The van der Waals surface area contributed by atoms with Crippen LogP contribution < -0.4 is 0 Å². The summed E-state index contributed by atoms with van der Waals surface area (Å²) in [5, 5.41) is 8.97. The topological polar surface area (TPSA) is 54.4 Å². The normalized spacial score (nSPS) is 13.9. The lowest BCUT2D eigenvalue weighted by atomic mass is 9.92. The minimum absolute atomic E-state index is 0.305. The Kier molecular flexibility index (Phi) is 5.08. The van der Waals surface area contributed by atoms with Crippen LogP contribution in [0.5, 0.6) is 0 Å². The van der Waals surface area contributed by atoms with Crippen LogP contribution >= 0.6 is 0 Å². The Hall–Kier alpha value is -1.64. The van der Waals surface area contributed by atoms with E-state index in [0.29, 0.717) is 17.9 Å². The zero-order valence-corrected chi connectivity index (χ0v) is 11.1. The number of hydrogen-bond acceptors (Lipinski definition) is 2. The monoisotopic (exact) mass is 248 g/mol. The number of rotatable bonds is 6. The first-order chi connectivity index (χ1) is 8.51. The van der Waals surface area contributed by atoms with Crippen molar-refractivity contribution in [2.45, 2.75) is 39.5 Å². The Bertz CT molecular complexity index is 420. The minimum Gasteiger partial charge on any atom is -0.481 e. The molecule has 18 heavy (non-hydrogen) atoms. The van der Waals surface area contributed by atoms with Gasteiger partial charge in [0.25, 0.3) is 0 Å². The van der Waals surface area contributed by atoms with Crippen molar-refractivity contribution in [3.63, 3.8) is 0 Å². The lowest BCUT2D eigenvalue weighted by Crippen LogP contribution is -2.23. The summed E-state index contributed by atoms with van der Waals surface area (Å²) in [7, 11) is 0. The molecule has 98 valence electrons. The van der Waals surface area contributed by atoms with Crippen LogP contribution in [0.15, 0.2) is 24.3 Å². The maximum absolute atomic E-state index is 12.0. The quantitative estimate of drug-likeness (QED) is 0.619. The van der Waals surface area contributed by atoms with Gasteiger partial charge in [-0.15, -0.1) is 0 Å². The number of carboxylic acid groups (broad SMARTS) is 1. The molecule has 2 unspecified atom stereocenters. The molecule has 2 atom stereocenters. The summed E-state index contributed by atoms with van der Waals surface area (Å²) in [5.74, 6) is -1.83. The lowest BCUT2D eigenvalue weighted by Gasteiger charge is -2.11. The van der Waals surface area contributed by atoms with Gasteiger partial charge in [-0.1, -0.05) is 45.0 Å². The van der Waals surface area contributed by atoms with E-state index < -0.39 is 11.9 Å². The Morgan fingerprint density at radius 1 is 1.11 bits per heavy atom. The molecule has 1 aromatic rings. The van der Waals surface area contributed by atoms with Crippen LogP contribution in [0.3, 0.4) is 0 Å². The smallest absolute Gasteiger partial charge is 0.314 e. The molecule has 0 aliphatic heterocycles. The first kappa shape index (κ1) is 14.4. The van der Waals surface area contributed by atoms with Gasteiger partial charge in [0.1, 0.15) is 5.92 Å². The van der Waals surface area contributed by atoms with Gasteiger partial charge in [-0.05, 0) is 24.3 Å². The summed E-state index contributed by atoms with van der Waals surface area (Å²) in [6.07, 6.45) is 1.36. The molecular weight excluding hydrogens is 228 g/mol. The highest BCUT2D eigenvalue weighted by atomic mass is 16.4. The first-order valence-corrected chi connectivity index (χ1v) is 6.38. The van der Waals surface area contributed by atoms with Crippen molar-refractivity contribution in [1.29, 1.82) is 0 Å². The molecule has 0 spiro atoms. The van der Waals surface area contributed by atoms with Gasteiger partial charge in [-0.3, -0.25) is 9.59 Å². The summed E-state index contributed by atoms with van der Waals surface area (Å²) in [6.45, 7) is 5.95. The number of aliphatic carboxylic acids is 1. The van der Waals surface area contributed by atoms with Crippen LogP contribution in [0.25, 0.3) is 0 Å². The molecule has 0 saturated carbocycles. The number of Topliss-reactive ketones (excluding diaryl/α,β-unsaturated/α-hetero) is 1. The van der Waals surface area contributed by atoms with Crippen LogP contribution in [-0.2, 0) is 4.79 Å². The molecule has 0 heterocycles. The van der Waals surface area contributed by atoms with Crippen molar-refractivity contribution in [2.75, 3.05) is 0 Å². The highest BCUT2D eigenvalue weighted by Crippen LogP contribution is 2.20. The second-order valence-electron chi connectivity index (χ2n) is 4.59. The van der Waals surface area contributed by atoms with Gasteiger partial charge in [0.2, 0.25) is 0 Å². The lowest BCUT2D eigenvalue weighted by molar-refractivity contribution is -0.140. The maximum Gasteiger partial charge on any atom is 0.314 e. The number of carbonyl (C=O) groups is 2. The van der Waals surface area contributed by atoms with Crippen molar-refractivity contribution in [3.8, 4) is 0 Å². The van der Waals surface area contributed by atoms with Gasteiger partial charge >= 0.3 is 5.97 Å². The summed E-state index contributed by atoms with van der Waals surface area (Å²) in [5.41, 5.74) is 1.66. The van der Waals surface area contributed by atoms with Crippen LogP contribution in [-0.4, -0.2) is 16.9 Å². The van der Waals surface area contributed by atoms with E-state index in [4.69, 9.17) is 5.11 Å². The summed E-state index contributed by atoms with van der Waals surface area (Å²) in [6, 6.07) is 7.29. The zero-order chi connectivity index (χ0) is 13.7. The van der Waals surface area contributed by atoms with Crippen LogP contribution in [0.1, 0.15) is 55.5 Å². The molecule has 0 fully saturated rings. The van der Waals surface area contributed by atoms with Crippen molar-refractivity contribution in [1.82, 2.24) is 0 Å². The molecule has 0 bridgehead atoms. The third-order valence-corrected chi connectivity index (χ3v) is 3.40. The molecule has 0 amide bonds. The van der Waals surface area contributed by atoms with Crippen LogP contribution in [0.4, 0.5) is 0 Å². The number of benzene rings is 1. The third-order valence-electron chi connectivity index (χ3n) is 3.40. The van der Waals surface area contributed by atoms with E-state index in [2.05, 4.69) is 13.8 Å². The van der Waals surface area contributed by atoms with Gasteiger partial charge in [0.05, 0.1) is 0 Å². The molecule has 0 aliphatic rings. The Balaban J connectivity index is 2.91. The molecule has 0 radical (unpaired) electrons. The minimum atomic E-state index is -1.05. The number of carbonyl (C=O) groups excluding carboxylic acids is 1. The van der Waals surface area contributed by atoms with E-state index in [-0.39, 0.29) is 5.78 Å². The second kappa shape index (κ2) is 6.34. The third kappa shape index (κ3) is 3.19. The SMILES string of the molecule is CCC(C(=O)O)C(=O)c1ccc(C(C)CC)cc1. The fraction of sp³-hybridized carbons (Fsp3) is 0.467. The largest absolute Gasteiger partial charge is 0.481 e. The van der Waals surface area contributed by atoms with Gasteiger partial charge < -0.3 is 5.11 Å². The van der Waals surface area contributed by atoms with Crippen molar-refractivity contribution in [3.05, 3.63) is 35.4 Å². The fourth-order valence-electron chi connectivity index (χ4n) is 1.88. The van der Waals surface area contributed by atoms with Crippen LogP contribution in [0.2, 0.25) is 0 Å². The standard InChI is InChI=1S/C15H20O3/c1-4-10(3)11-6-8-12(9-7-11)14(16)13(5-2)15(17)18/h6-10,13H,4-5H2,1-3H3,(H,17,18). The Morgan fingerprint density at radius 2 is 1.67 bits per heavy atom. The highest BCUT2D eigenvalue weighted by Gasteiger charge is 2.25. The Labute approximate surface area is 108 Å². The second-order valence-corrected chi connectivity index (χ2v) is 4.59. The van der Waals surface area contributed by atoms with Crippen molar-refractivity contribution < 1.29 is 14.7 Å². The predicted molar refractivity (Wildman–Crippen MR) is 70.9 cm³/mol. The number of hydrogen-bond donors (Lipinski definition) is 1. The summed E-state index contributed by atoms with van der Waals surface area (Å²) in [4.78, 5) is 22.9. The van der Waals surface area contributed by atoms with E-state index in [1.165, 1.54) is 5.56 Å². The van der Waals surface area contributed by atoms with Gasteiger partial charge in [-0.2, -0.15) is 0 Å². The predicted octanol–water partition coefficient (Wildman–Crippen LogP) is 3.49. The number of carboxylic acids is 1. The van der Waals surface area contributed by atoms with E-state index in [0.717, 1.165) is 6.42 Å². The first-order valence-electron chi connectivity index (χ1n) is 6.38. The average molecular weight is 248 g/mol. The summed E-state index contributed by atoms with van der Waals surface area (Å²) < 4.78 is 0. The summed E-state index contributed by atoms with van der Waals surface area (Å²) >= 11 is 0. The molecule has 0 aliphatic carbocycles. The molecular formula is C15H20O3. The molecule has 1 aromatic carbocycles. The van der Waals surface area contributed by atoms with Gasteiger partial charge in [0.15, 0.2) is 5.78 Å². The average Bonchev–Trinajstić information content (AvgIpc) is 2.38. The fourth-order valence-corrected chi connectivity index (χ4v) is 1.88. The van der Waals surface area contributed by atoms with E-state index >= 15 is 0 Å². The molecule has 1 rings (SSSR count). The van der Waals surface area contributed by atoms with Crippen molar-refractivity contribution >= 4 is 11.8 Å². The highest BCUT2D eigenvalue weighted by molar-refractivity contribution is 6.08. The molecule has 3 nitrogen and oxygen atoms in total. The molecule has 3 heteroatoms. The van der Waals surface area contributed by atoms with E-state index in [1.54, 1.807) is 19.1 Å². The molecule has 1 N–H and O–H groups in total. The van der Waals surface area contributed by atoms with Gasteiger partial charge in [-0.25, -0.2) is 0 Å². The number of ketones is 1. The van der Waals surface area contributed by atoms with Gasteiger partial charge in [0, 0.05) is 5.56 Å². The molecule has 0 saturated heterocycles.